The van der Waals surface area contributed by atoms with Crippen molar-refractivity contribution in [3.63, 3.8) is 0 Å². The van der Waals surface area contributed by atoms with E-state index in [9.17, 15) is 4.79 Å². The predicted molar refractivity (Wildman–Crippen MR) is 85.5 cm³/mol. The molecule has 112 valence electrons. The Labute approximate surface area is 125 Å². The second kappa shape index (κ2) is 9.77. The average Bonchev–Trinajstić information content (AvgIpc) is 2.43. The summed E-state index contributed by atoms with van der Waals surface area (Å²) < 4.78 is 0. The lowest BCUT2D eigenvalue weighted by molar-refractivity contribution is -0.121. The fraction of sp³-hybridized carbons (Fsp3) is 0.600. The highest BCUT2D eigenvalue weighted by Crippen LogP contribution is 2.11. The summed E-state index contributed by atoms with van der Waals surface area (Å²) >= 11 is 1.73. The van der Waals surface area contributed by atoms with Crippen LogP contribution < -0.4 is 11.1 Å². The second-order valence-electron chi connectivity index (χ2n) is 5.25. The minimum absolute atomic E-state index is 0.0922. The lowest BCUT2D eigenvalue weighted by Crippen LogP contribution is -2.41. The summed E-state index contributed by atoms with van der Waals surface area (Å²) in [5.74, 6) is 2.29. The van der Waals surface area contributed by atoms with Crippen LogP contribution in [0, 0.1) is 5.92 Å². The molecule has 0 aromatic carbocycles. The van der Waals surface area contributed by atoms with Crippen LogP contribution in [0.25, 0.3) is 0 Å². The molecule has 1 amide bonds. The molecule has 0 bridgehead atoms. The minimum Gasteiger partial charge on any atom is -0.352 e. The third-order valence-electron chi connectivity index (χ3n) is 2.86. The topological polar surface area (TPSA) is 68.0 Å². The van der Waals surface area contributed by atoms with E-state index in [1.54, 1.807) is 18.0 Å². The molecule has 0 aliphatic heterocycles. The van der Waals surface area contributed by atoms with Crippen LogP contribution in [0.15, 0.2) is 24.4 Å². The summed E-state index contributed by atoms with van der Waals surface area (Å²) in [6.45, 7) is 4.78. The molecule has 4 nitrogen and oxygen atoms in total. The van der Waals surface area contributed by atoms with Crippen LogP contribution in [0.3, 0.4) is 0 Å². The Morgan fingerprint density at radius 1 is 1.45 bits per heavy atom. The lowest BCUT2D eigenvalue weighted by Gasteiger charge is -2.18. The Morgan fingerprint density at radius 3 is 2.85 bits per heavy atom. The van der Waals surface area contributed by atoms with Crippen molar-refractivity contribution in [3.8, 4) is 0 Å². The Balaban J connectivity index is 2.16. The van der Waals surface area contributed by atoms with Gasteiger partial charge in [-0.05, 0) is 24.5 Å². The maximum Gasteiger partial charge on any atom is 0.221 e. The van der Waals surface area contributed by atoms with Crippen molar-refractivity contribution >= 4 is 17.7 Å². The quantitative estimate of drug-likeness (QED) is 0.685. The van der Waals surface area contributed by atoms with Crippen LogP contribution in [-0.4, -0.2) is 29.2 Å². The zero-order valence-electron chi connectivity index (χ0n) is 12.3. The van der Waals surface area contributed by atoms with E-state index in [-0.39, 0.29) is 11.9 Å². The van der Waals surface area contributed by atoms with Crippen molar-refractivity contribution in [3.05, 3.63) is 30.1 Å². The van der Waals surface area contributed by atoms with Crippen LogP contribution in [0.4, 0.5) is 0 Å². The number of hydrogen-bond acceptors (Lipinski definition) is 4. The fourth-order valence-electron chi connectivity index (χ4n) is 1.91. The monoisotopic (exact) mass is 295 g/mol. The lowest BCUT2D eigenvalue weighted by atomic mass is 10.0. The highest BCUT2D eigenvalue weighted by Gasteiger charge is 2.12. The number of hydrogen-bond donors (Lipinski definition) is 2. The van der Waals surface area contributed by atoms with E-state index in [1.807, 2.05) is 18.2 Å². The molecule has 0 aliphatic rings. The van der Waals surface area contributed by atoms with Gasteiger partial charge in [-0.15, -0.1) is 0 Å². The number of pyridine rings is 1. The zero-order chi connectivity index (χ0) is 14.8. The Hall–Kier alpha value is -1.07. The summed E-state index contributed by atoms with van der Waals surface area (Å²) in [6.07, 6.45) is 3.26. The van der Waals surface area contributed by atoms with Crippen molar-refractivity contribution in [2.24, 2.45) is 11.7 Å². The van der Waals surface area contributed by atoms with Crippen molar-refractivity contribution in [1.29, 1.82) is 0 Å². The van der Waals surface area contributed by atoms with Crippen LogP contribution in [-0.2, 0) is 10.5 Å². The molecule has 1 rings (SSSR count). The van der Waals surface area contributed by atoms with E-state index in [4.69, 9.17) is 5.73 Å². The molecule has 1 unspecified atom stereocenters. The molecule has 0 radical (unpaired) electrons. The number of aromatic nitrogens is 1. The van der Waals surface area contributed by atoms with Gasteiger partial charge in [-0.2, -0.15) is 11.8 Å². The second-order valence-corrected chi connectivity index (χ2v) is 6.36. The largest absolute Gasteiger partial charge is 0.352 e. The molecule has 1 atom stereocenters. The van der Waals surface area contributed by atoms with Gasteiger partial charge in [-0.3, -0.25) is 9.78 Å². The molecule has 0 saturated heterocycles. The number of rotatable bonds is 9. The Kier molecular flexibility index (Phi) is 8.30. The fourth-order valence-corrected chi connectivity index (χ4v) is 2.76. The van der Waals surface area contributed by atoms with Gasteiger partial charge in [0.05, 0.1) is 5.69 Å². The number of nitrogens with zero attached hydrogens (tertiary/aromatic N) is 1. The van der Waals surface area contributed by atoms with E-state index in [2.05, 4.69) is 24.1 Å². The number of carbonyl (C=O) groups is 1. The molecule has 1 heterocycles. The van der Waals surface area contributed by atoms with Crippen LogP contribution in [0.5, 0.6) is 0 Å². The standard InChI is InChI=1S/C15H25N3OS/c1-12(2)9-14(10-16)18-15(19)6-8-20-11-13-5-3-4-7-17-13/h3-5,7,12,14H,6,8-11,16H2,1-2H3,(H,18,19). The number of carbonyl (C=O) groups excluding carboxylic acids is 1. The van der Waals surface area contributed by atoms with Crippen molar-refractivity contribution in [1.82, 2.24) is 10.3 Å². The first kappa shape index (κ1) is 17.0. The van der Waals surface area contributed by atoms with Crippen molar-refractivity contribution in [2.45, 2.75) is 38.5 Å². The molecule has 0 aliphatic carbocycles. The number of nitrogens with two attached hydrogens (primary N) is 1. The van der Waals surface area contributed by atoms with Gasteiger partial charge in [-0.25, -0.2) is 0 Å². The summed E-state index contributed by atoms with van der Waals surface area (Å²) in [5.41, 5.74) is 6.73. The van der Waals surface area contributed by atoms with Gasteiger partial charge in [0.2, 0.25) is 5.91 Å². The van der Waals surface area contributed by atoms with Gasteiger partial charge in [0.15, 0.2) is 0 Å². The third kappa shape index (κ3) is 7.50. The summed E-state index contributed by atoms with van der Waals surface area (Å²) in [5, 5.41) is 3.00. The summed E-state index contributed by atoms with van der Waals surface area (Å²) in [4.78, 5) is 16.1. The number of thioether (sulfide) groups is 1. The summed E-state index contributed by atoms with van der Waals surface area (Å²) in [6, 6.07) is 5.99. The van der Waals surface area contributed by atoms with Crippen molar-refractivity contribution in [2.75, 3.05) is 12.3 Å². The molecule has 1 aromatic rings. The minimum atomic E-state index is 0.0922. The zero-order valence-corrected chi connectivity index (χ0v) is 13.2. The average molecular weight is 295 g/mol. The Morgan fingerprint density at radius 2 is 2.25 bits per heavy atom. The van der Waals surface area contributed by atoms with E-state index in [1.165, 1.54) is 0 Å². The highest BCUT2D eigenvalue weighted by molar-refractivity contribution is 7.98. The van der Waals surface area contributed by atoms with Gasteiger partial charge in [-0.1, -0.05) is 19.9 Å². The van der Waals surface area contributed by atoms with E-state index < -0.39 is 0 Å². The molecule has 0 saturated carbocycles. The smallest absolute Gasteiger partial charge is 0.221 e. The highest BCUT2D eigenvalue weighted by atomic mass is 32.2. The SMILES string of the molecule is CC(C)CC(CN)NC(=O)CCSCc1ccccn1. The first-order chi connectivity index (χ1) is 9.61. The third-order valence-corrected chi connectivity index (χ3v) is 3.85. The molecular formula is C15H25N3OS. The van der Waals surface area contributed by atoms with E-state index in [0.29, 0.717) is 18.9 Å². The van der Waals surface area contributed by atoms with Gasteiger partial charge in [0.1, 0.15) is 0 Å². The predicted octanol–water partition coefficient (Wildman–Crippen LogP) is 2.19. The van der Waals surface area contributed by atoms with Gasteiger partial charge >= 0.3 is 0 Å². The van der Waals surface area contributed by atoms with E-state index >= 15 is 0 Å². The molecule has 20 heavy (non-hydrogen) atoms. The molecule has 0 fully saturated rings. The van der Waals surface area contributed by atoms with Gasteiger partial charge in [0, 0.05) is 36.7 Å². The maximum atomic E-state index is 11.8. The maximum absolute atomic E-state index is 11.8. The number of amides is 1. The van der Waals surface area contributed by atoms with Crippen LogP contribution in [0.2, 0.25) is 0 Å². The number of nitrogens with one attached hydrogen (secondary N) is 1. The van der Waals surface area contributed by atoms with Gasteiger partial charge in [0.25, 0.3) is 0 Å². The first-order valence-corrected chi connectivity index (χ1v) is 8.24. The summed E-state index contributed by atoms with van der Waals surface area (Å²) in [7, 11) is 0. The Bertz CT molecular complexity index is 384. The molecule has 1 aromatic heterocycles. The first-order valence-electron chi connectivity index (χ1n) is 7.09. The molecule has 3 N–H and O–H groups in total. The van der Waals surface area contributed by atoms with Crippen LogP contribution >= 0.6 is 11.8 Å². The van der Waals surface area contributed by atoms with E-state index in [0.717, 1.165) is 23.6 Å². The van der Waals surface area contributed by atoms with Gasteiger partial charge < -0.3 is 11.1 Å². The van der Waals surface area contributed by atoms with Crippen LogP contribution in [0.1, 0.15) is 32.4 Å². The molecule has 0 spiro atoms. The molecule has 5 heteroatoms. The molecular weight excluding hydrogens is 270 g/mol. The van der Waals surface area contributed by atoms with Crippen molar-refractivity contribution < 1.29 is 4.79 Å². The normalized spacial score (nSPS) is 12.4.